The van der Waals surface area contributed by atoms with Crippen LogP contribution in [0.15, 0.2) is 64.9 Å². The molecule has 1 fully saturated rings. The van der Waals surface area contributed by atoms with Gasteiger partial charge in [-0.1, -0.05) is 30.3 Å². The molecule has 1 aliphatic rings. The Kier molecular flexibility index (Phi) is 5.95. The third kappa shape index (κ3) is 5.16. The zero-order chi connectivity index (χ0) is 19.3. The first kappa shape index (κ1) is 19.6. The summed E-state index contributed by atoms with van der Waals surface area (Å²) in [6.45, 7) is 1.34. The van der Waals surface area contributed by atoms with Crippen LogP contribution in [0.25, 0.3) is 6.08 Å². The minimum Gasteiger partial charge on any atom is -0.379 e. The molecule has 1 saturated heterocycles. The smallest absolute Gasteiger partial charge is 0.255 e. The first-order valence-corrected chi connectivity index (χ1v) is 11.3. The fraction of sp³-hybridized carbons (Fsp3) is 0.222. The number of morpholine rings is 1. The van der Waals surface area contributed by atoms with E-state index in [9.17, 15) is 16.8 Å². The molecule has 1 heterocycles. The maximum Gasteiger partial charge on any atom is 0.255 e. The molecule has 2 aromatic carbocycles. The number of hydrogen-bond acceptors (Lipinski definition) is 5. The third-order valence-corrected chi connectivity index (χ3v) is 6.89. The molecule has 0 unspecified atom stereocenters. The van der Waals surface area contributed by atoms with Gasteiger partial charge in [-0.2, -0.15) is 4.31 Å². The van der Waals surface area contributed by atoms with Gasteiger partial charge in [0.1, 0.15) is 0 Å². The highest BCUT2D eigenvalue weighted by molar-refractivity contribution is 7.95. The number of ether oxygens (including phenoxy) is 1. The van der Waals surface area contributed by atoms with E-state index in [0.717, 1.165) is 11.0 Å². The number of anilines is 1. The second-order valence-electron chi connectivity index (χ2n) is 5.90. The molecule has 1 aliphatic heterocycles. The molecular formula is C18H20N2O5S2. The fourth-order valence-corrected chi connectivity index (χ4v) is 4.84. The summed E-state index contributed by atoms with van der Waals surface area (Å²) in [7, 11) is -7.32. The van der Waals surface area contributed by atoms with Crippen molar-refractivity contribution in [3.8, 4) is 0 Å². The largest absolute Gasteiger partial charge is 0.379 e. The number of hydrogen-bond donors (Lipinski definition) is 1. The first-order valence-electron chi connectivity index (χ1n) is 8.31. The molecule has 0 atom stereocenters. The zero-order valence-corrected chi connectivity index (χ0v) is 16.1. The van der Waals surface area contributed by atoms with Crippen LogP contribution in [-0.4, -0.2) is 47.4 Å². The molecule has 0 amide bonds. The standard InChI is InChI=1S/C18H20N2O5S2/c21-26(22,15-10-16-4-2-1-3-5-16)19-17-6-8-18(9-7-17)27(23,24)20-11-13-25-14-12-20/h1-10,15,19H,11-14H2. The average molecular weight is 409 g/mol. The van der Waals surface area contributed by atoms with Crippen molar-refractivity contribution < 1.29 is 21.6 Å². The summed E-state index contributed by atoms with van der Waals surface area (Å²) in [5.74, 6) is 0. The zero-order valence-electron chi connectivity index (χ0n) is 14.5. The lowest BCUT2D eigenvalue weighted by Gasteiger charge is -2.26. The molecule has 0 aliphatic carbocycles. The van der Waals surface area contributed by atoms with E-state index in [1.807, 2.05) is 18.2 Å². The van der Waals surface area contributed by atoms with Crippen molar-refractivity contribution >= 4 is 31.8 Å². The van der Waals surface area contributed by atoms with Gasteiger partial charge in [0.25, 0.3) is 10.0 Å². The van der Waals surface area contributed by atoms with E-state index in [-0.39, 0.29) is 10.6 Å². The predicted molar refractivity (Wildman–Crippen MR) is 104 cm³/mol. The second kappa shape index (κ2) is 8.22. The Morgan fingerprint density at radius 3 is 2.15 bits per heavy atom. The Hall–Kier alpha value is -2.20. The van der Waals surface area contributed by atoms with Gasteiger partial charge in [-0.15, -0.1) is 0 Å². The molecule has 9 heteroatoms. The SMILES string of the molecule is O=S(=O)(C=Cc1ccccc1)Nc1ccc(S(=O)(=O)N2CCOCC2)cc1. The Morgan fingerprint density at radius 1 is 0.889 bits per heavy atom. The van der Waals surface area contributed by atoms with Gasteiger partial charge in [-0.05, 0) is 35.9 Å². The predicted octanol–water partition coefficient (Wildman–Crippen LogP) is 2.12. The van der Waals surface area contributed by atoms with Crippen LogP contribution in [0.4, 0.5) is 5.69 Å². The Labute approximate surface area is 159 Å². The van der Waals surface area contributed by atoms with Gasteiger partial charge in [0, 0.05) is 18.8 Å². The molecular weight excluding hydrogens is 388 g/mol. The van der Waals surface area contributed by atoms with Crippen molar-refractivity contribution in [1.29, 1.82) is 0 Å². The fourth-order valence-electron chi connectivity index (χ4n) is 2.56. The highest BCUT2D eigenvalue weighted by Gasteiger charge is 2.26. The quantitative estimate of drug-likeness (QED) is 0.790. The Balaban J connectivity index is 1.71. The van der Waals surface area contributed by atoms with Crippen LogP contribution >= 0.6 is 0 Å². The highest BCUT2D eigenvalue weighted by Crippen LogP contribution is 2.20. The molecule has 7 nitrogen and oxygen atoms in total. The average Bonchev–Trinajstić information content (AvgIpc) is 2.68. The van der Waals surface area contributed by atoms with E-state index in [2.05, 4.69) is 4.72 Å². The van der Waals surface area contributed by atoms with Crippen molar-refractivity contribution in [2.75, 3.05) is 31.0 Å². The molecule has 0 spiro atoms. The second-order valence-corrected chi connectivity index (χ2v) is 9.41. The van der Waals surface area contributed by atoms with Crippen LogP contribution in [0.2, 0.25) is 0 Å². The van der Waals surface area contributed by atoms with Crippen LogP contribution in [0.3, 0.4) is 0 Å². The summed E-state index contributed by atoms with van der Waals surface area (Å²) in [4.78, 5) is 0.118. The minimum absolute atomic E-state index is 0.118. The van der Waals surface area contributed by atoms with E-state index < -0.39 is 20.0 Å². The molecule has 0 bridgehead atoms. The molecule has 0 radical (unpaired) electrons. The Bertz CT molecular complexity index is 995. The van der Waals surface area contributed by atoms with Crippen molar-refractivity contribution in [3.05, 3.63) is 65.6 Å². The van der Waals surface area contributed by atoms with Gasteiger partial charge in [-0.3, -0.25) is 4.72 Å². The van der Waals surface area contributed by atoms with Gasteiger partial charge in [0.2, 0.25) is 10.0 Å². The van der Waals surface area contributed by atoms with Crippen LogP contribution in [0.1, 0.15) is 5.56 Å². The van der Waals surface area contributed by atoms with Crippen molar-refractivity contribution in [1.82, 2.24) is 4.31 Å². The summed E-state index contributed by atoms with van der Waals surface area (Å²) in [5.41, 5.74) is 1.04. The monoisotopic (exact) mass is 408 g/mol. The van der Waals surface area contributed by atoms with Crippen LogP contribution < -0.4 is 4.72 Å². The topological polar surface area (TPSA) is 92.8 Å². The maximum atomic E-state index is 12.6. The van der Waals surface area contributed by atoms with E-state index in [4.69, 9.17) is 4.74 Å². The van der Waals surface area contributed by atoms with Gasteiger partial charge < -0.3 is 4.74 Å². The lowest BCUT2D eigenvalue weighted by molar-refractivity contribution is 0.0730. The Morgan fingerprint density at radius 2 is 1.52 bits per heavy atom. The van der Waals surface area contributed by atoms with E-state index in [1.54, 1.807) is 12.1 Å². The number of rotatable bonds is 6. The minimum atomic E-state index is -3.71. The molecule has 3 rings (SSSR count). The molecule has 0 saturated carbocycles. The van der Waals surface area contributed by atoms with Gasteiger partial charge in [0.05, 0.1) is 23.5 Å². The van der Waals surface area contributed by atoms with Crippen molar-refractivity contribution in [2.45, 2.75) is 4.90 Å². The van der Waals surface area contributed by atoms with Gasteiger partial charge in [-0.25, -0.2) is 16.8 Å². The van der Waals surface area contributed by atoms with Gasteiger partial charge >= 0.3 is 0 Å². The summed E-state index contributed by atoms with van der Waals surface area (Å²) in [6, 6.07) is 14.7. The molecule has 0 aromatic heterocycles. The molecule has 27 heavy (non-hydrogen) atoms. The molecule has 1 N–H and O–H groups in total. The first-order chi connectivity index (χ1) is 12.9. The summed E-state index contributed by atoms with van der Waals surface area (Å²) >= 11 is 0. The summed E-state index contributed by atoms with van der Waals surface area (Å²) < 4.78 is 58.4. The maximum absolute atomic E-state index is 12.6. The van der Waals surface area contributed by atoms with Crippen molar-refractivity contribution in [2.24, 2.45) is 0 Å². The molecule has 144 valence electrons. The van der Waals surface area contributed by atoms with E-state index in [0.29, 0.717) is 26.3 Å². The summed E-state index contributed by atoms with van der Waals surface area (Å²) in [6.07, 6.45) is 1.49. The number of benzene rings is 2. The third-order valence-electron chi connectivity index (χ3n) is 3.96. The number of nitrogens with one attached hydrogen (secondary N) is 1. The van der Waals surface area contributed by atoms with Crippen LogP contribution in [0.5, 0.6) is 0 Å². The van der Waals surface area contributed by atoms with E-state index >= 15 is 0 Å². The van der Waals surface area contributed by atoms with Crippen molar-refractivity contribution in [3.63, 3.8) is 0 Å². The summed E-state index contributed by atoms with van der Waals surface area (Å²) in [5, 5.41) is 1.07. The molecule has 2 aromatic rings. The highest BCUT2D eigenvalue weighted by atomic mass is 32.2. The number of nitrogens with zero attached hydrogens (tertiary/aromatic N) is 1. The van der Waals surface area contributed by atoms with Gasteiger partial charge in [0.15, 0.2) is 0 Å². The normalized spacial score (nSPS) is 16.4. The van der Waals surface area contributed by atoms with Crippen LogP contribution in [0, 0.1) is 0 Å². The van der Waals surface area contributed by atoms with E-state index in [1.165, 1.54) is 34.6 Å². The van der Waals surface area contributed by atoms with Crippen LogP contribution in [-0.2, 0) is 24.8 Å². The number of sulfonamides is 2. The lowest BCUT2D eigenvalue weighted by Crippen LogP contribution is -2.40. The lowest BCUT2D eigenvalue weighted by atomic mass is 10.2.